The number of aryl methyl sites for hydroxylation is 1. The van der Waals surface area contributed by atoms with Crippen LogP contribution in [0.15, 0.2) is 18.2 Å². The molecule has 0 aliphatic carbocycles. The maximum absolute atomic E-state index is 12.0. The lowest BCUT2D eigenvalue weighted by Crippen LogP contribution is -2.62. The Bertz CT molecular complexity index is 555. The Balaban J connectivity index is 2.62. The van der Waals surface area contributed by atoms with Crippen LogP contribution in [0.5, 0.6) is 5.75 Å². The van der Waals surface area contributed by atoms with Crippen LogP contribution in [0.1, 0.15) is 5.56 Å². The second kappa shape index (κ2) is 5.10. The zero-order valence-corrected chi connectivity index (χ0v) is 11.3. The summed E-state index contributed by atoms with van der Waals surface area (Å²) in [4.78, 5) is 13.1. The quantitative estimate of drug-likeness (QED) is 0.622. The van der Waals surface area contributed by atoms with Crippen molar-refractivity contribution in [2.24, 2.45) is 0 Å². The molecule has 7 nitrogen and oxygen atoms in total. The van der Waals surface area contributed by atoms with Crippen LogP contribution in [0.2, 0.25) is 0 Å². The molecule has 0 saturated carbocycles. The molecule has 108 valence electrons. The molecule has 0 aromatic heterocycles. The molecule has 7 heteroatoms. The van der Waals surface area contributed by atoms with E-state index in [0.717, 1.165) is 10.5 Å². The van der Waals surface area contributed by atoms with Crippen LogP contribution in [0.3, 0.4) is 0 Å². The maximum Gasteiger partial charge on any atom is 0.327 e. The lowest BCUT2D eigenvalue weighted by Gasteiger charge is -2.41. The van der Waals surface area contributed by atoms with E-state index in [1.54, 1.807) is 18.2 Å². The molecule has 0 spiro atoms. The van der Waals surface area contributed by atoms with Gasteiger partial charge in [0.05, 0.1) is 18.9 Å². The van der Waals surface area contributed by atoms with Crippen molar-refractivity contribution in [1.29, 1.82) is 5.41 Å². The number of nitrogens with zero attached hydrogens (tertiary/aromatic N) is 1. The largest absolute Gasteiger partial charge is 0.472 e. The predicted molar refractivity (Wildman–Crippen MR) is 73.4 cm³/mol. The number of hydrogen-bond donors (Lipinski definition) is 4. The highest BCUT2D eigenvalue weighted by atomic mass is 16.5. The molecule has 1 aliphatic heterocycles. The number of carbonyl (C=O) groups is 1. The minimum Gasteiger partial charge on any atom is -0.472 e. The third-order valence-corrected chi connectivity index (χ3v) is 3.24. The van der Waals surface area contributed by atoms with Gasteiger partial charge >= 0.3 is 6.03 Å². The van der Waals surface area contributed by atoms with E-state index in [1.807, 2.05) is 6.92 Å². The van der Waals surface area contributed by atoms with E-state index in [4.69, 9.17) is 10.1 Å². The number of aliphatic hydroxyl groups excluding tert-OH is 2. The van der Waals surface area contributed by atoms with Gasteiger partial charge in [-0.2, -0.15) is 0 Å². The van der Waals surface area contributed by atoms with Crippen LogP contribution in [-0.2, 0) is 0 Å². The van der Waals surface area contributed by atoms with Crippen molar-refractivity contribution < 1.29 is 19.7 Å². The SMILES string of the molecule is CNC(=O)N1C(=N)C(CO)(CO)Oc2ccc(C)cc21. The molecule has 0 fully saturated rings. The highest BCUT2D eigenvalue weighted by Gasteiger charge is 2.47. The summed E-state index contributed by atoms with van der Waals surface area (Å²) in [5.41, 5.74) is -0.323. The summed E-state index contributed by atoms with van der Waals surface area (Å²) in [7, 11) is 1.44. The molecule has 2 amide bonds. The Labute approximate surface area is 116 Å². The number of carbonyl (C=O) groups excluding carboxylic acids is 1. The van der Waals surface area contributed by atoms with Crippen LogP contribution in [-0.4, -0.2) is 47.9 Å². The predicted octanol–water partition coefficient (Wildman–Crippen LogP) is 0.234. The van der Waals surface area contributed by atoms with Crippen LogP contribution in [0, 0.1) is 12.3 Å². The zero-order chi connectivity index (χ0) is 14.9. The first-order valence-electron chi connectivity index (χ1n) is 6.11. The molecule has 0 atom stereocenters. The zero-order valence-electron chi connectivity index (χ0n) is 11.3. The number of anilines is 1. The summed E-state index contributed by atoms with van der Waals surface area (Å²) < 4.78 is 5.56. The molecule has 1 aromatic carbocycles. The second-order valence-electron chi connectivity index (χ2n) is 4.62. The Morgan fingerprint density at radius 2 is 2.10 bits per heavy atom. The molecule has 4 N–H and O–H groups in total. The molecule has 20 heavy (non-hydrogen) atoms. The van der Waals surface area contributed by atoms with Crippen LogP contribution >= 0.6 is 0 Å². The third-order valence-electron chi connectivity index (χ3n) is 3.24. The van der Waals surface area contributed by atoms with E-state index in [9.17, 15) is 15.0 Å². The fourth-order valence-corrected chi connectivity index (χ4v) is 2.06. The first-order valence-corrected chi connectivity index (χ1v) is 6.11. The summed E-state index contributed by atoms with van der Waals surface area (Å²) in [5.74, 6) is 0.0262. The van der Waals surface area contributed by atoms with E-state index in [1.165, 1.54) is 7.05 Å². The van der Waals surface area contributed by atoms with Gasteiger partial charge in [0.2, 0.25) is 5.60 Å². The molecule has 1 aliphatic rings. The van der Waals surface area contributed by atoms with E-state index < -0.39 is 24.8 Å². The molecule has 0 radical (unpaired) electrons. The molecular weight excluding hydrogens is 262 g/mol. The lowest BCUT2D eigenvalue weighted by atomic mass is 9.99. The van der Waals surface area contributed by atoms with Crippen molar-refractivity contribution in [2.75, 3.05) is 25.2 Å². The Hall–Kier alpha value is -2.12. The monoisotopic (exact) mass is 279 g/mol. The number of rotatable bonds is 2. The van der Waals surface area contributed by atoms with Gasteiger partial charge in [-0.1, -0.05) is 6.07 Å². The number of amidine groups is 1. The van der Waals surface area contributed by atoms with Crippen molar-refractivity contribution in [3.63, 3.8) is 0 Å². The van der Waals surface area contributed by atoms with Gasteiger partial charge < -0.3 is 20.3 Å². The lowest BCUT2D eigenvalue weighted by molar-refractivity contribution is 0.0140. The fraction of sp³-hybridized carbons (Fsp3) is 0.385. The number of nitrogens with one attached hydrogen (secondary N) is 2. The highest BCUT2D eigenvalue weighted by Crippen LogP contribution is 2.38. The van der Waals surface area contributed by atoms with Gasteiger partial charge in [-0.25, -0.2) is 9.69 Å². The summed E-state index contributed by atoms with van der Waals surface area (Å²) in [6.45, 7) is 0.637. The van der Waals surface area contributed by atoms with Gasteiger partial charge in [0.15, 0.2) is 5.84 Å². The number of ether oxygens (including phenoxy) is 1. The maximum atomic E-state index is 12.0. The standard InChI is InChI=1S/C13H17N3O4/c1-8-3-4-10-9(5-8)16(12(19)15-2)11(14)13(6-17,7-18)20-10/h3-5,14,17-18H,6-7H2,1-2H3,(H,15,19). The first-order chi connectivity index (χ1) is 9.49. The summed E-state index contributed by atoms with van der Waals surface area (Å²) in [5, 5.41) is 29.5. The van der Waals surface area contributed by atoms with Crippen molar-refractivity contribution in [3.8, 4) is 5.75 Å². The van der Waals surface area contributed by atoms with E-state index in [2.05, 4.69) is 5.32 Å². The van der Waals surface area contributed by atoms with Crippen LogP contribution < -0.4 is 15.0 Å². The molecular formula is C13H17N3O4. The molecule has 0 bridgehead atoms. The molecule has 2 rings (SSSR count). The fourth-order valence-electron chi connectivity index (χ4n) is 2.06. The molecule has 1 heterocycles. The van der Waals surface area contributed by atoms with Crippen LogP contribution in [0.4, 0.5) is 10.5 Å². The summed E-state index contributed by atoms with van der Waals surface area (Å²) in [6.07, 6.45) is 0. The van der Waals surface area contributed by atoms with Gasteiger partial charge in [0.25, 0.3) is 0 Å². The van der Waals surface area contributed by atoms with Crippen molar-refractivity contribution >= 4 is 17.6 Å². The van der Waals surface area contributed by atoms with Gasteiger partial charge in [-0.05, 0) is 24.6 Å². The topological polar surface area (TPSA) is 106 Å². The number of hydrogen-bond acceptors (Lipinski definition) is 5. The van der Waals surface area contributed by atoms with Gasteiger partial charge in [0, 0.05) is 7.05 Å². The third kappa shape index (κ3) is 2.00. The van der Waals surface area contributed by atoms with Crippen molar-refractivity contribution in [1.82, 2.24) is 5.32 Å². The number of aliphatic hydroxyl groups is 2. The normalized spacial score (nSPS) is 16.4. The van der Waals surface area contributed by atoms with E-state index in [0.29, 0.717) is 11.4 Å². The van der Waals surface area contributed by atoms with Gasteiger partial charge in [0.1, 0.15) is 5.75 Å². The Kier molecular flexibility index (Phi) is 3.65. The average Bonchev–Trinajstić information content (AvgIpc) is 2.46. The summed E-state index contributed by atoms with van der Waals surface area (Å²) in [6, 6.07) is 4.61. The Morgan fingerprint density at radius 1 is 1.45 bits per heavy atom. The van der Waals surface area contributed by atoms with Gasteiger partial charge in [-0.3, -0.25) is 5.41 Å². The minimum absolute atomic E-state index is 0.306. The highest BCUT2D eigenvalue weighted by molar-refractivity contribution is 6.20. The average molecular weight is 279 g/mol. The molecule has 0 unspecified atom stereocenters. The van der Waals surface area contributed by atoms with E-state index in [-0.39, 0.29) is 5.84 Å². The minimum atomic E-state index is -1.63. The van der Waals surface area contributed by atoms with E-state index >= 15 is 0 Å². The van der Waals surface area contributed by atoms with Crippen molar-refractivity contribution in [3.05, 3.63) is 23.8 Å². The molecule has 0 saturated heterocycles. The smallest absolute Gasteiger partial charge is 0.327 e. The van der Waals surface area contributed by atoms with Crippen LogP contribution in [0.25, 0.3) is 0 Å². The summed E-state index contributed by atoms with van der Waals surface area (Å²) >= 11 is 0. The second-order valence-corrected chi connectivity index (χ2v) is 4.62. The Morgan fingerprint density at radius 3 is 2.65 bits per heavy atom. The van der Waals surface area contributed by atoms with Crippen molar-refractivity contribution in [2.45, 2.75) is 12.5 Å². The number of urea groups is 1. The number of fused-ring (bicyclic) bond motifs is 1. The molecule has 1 aromatic rings. The number of amides is 2. The first kappa shape index (κ1) is 14.3. The number of benzene rings is 1. The van der Waals surface area contributed by atoms with Gasteiger partial charge in [-0.15, -0.1) is 0 Å².